The van der Waals surface area contributed by atoms with Gasteiger partial charge in [-0.25, -0.2) is 0 Å². The van der Waals surface area contributed by atoms with Crippen molar-refractivity contribution in [2.75, 3.05) is 6.79 Å². The number of rotatable bonds is 3. The van der Waals surface area contributed by atoms with E-state index in [2.05, 4.69) is 20.8 Å². The number of benzene rings is 1. The highest BCUT2D eigenvalue weighted by Crippen LogP contribution is 2.58. The van der Waals surface area contributed by atoms with E-state index >= 15 is 0 Å². The SMILES string of the molecule is CC(C)c1c2c(cc(Cl)c1C1(C(C)N)CC1)OCO2. The first-order valence-electron chi connectivity index (χ1n) is 6.85. The molecule has 0 saturated heterocycles. The average Bonchev–Trinajstić information content (AvgIpc) is 3.01. The van der Waals surface area contributed by atoms with Crippen LogP contribution in [0.15, 0.2) is 6.07 Å². The molecule has 0 spiro atoms. The molecule has 0 aromatic heterocycles. The number of halogens is 1. The zero-order valence-electron chi connectivity index (χ0n) is 11.6. The number of hydrogen-bond donors (Lipinski definition) is 1. The van der Waals surface area contributed by atoms with Gasteiger partial charge in [-0.15, -0.1) is 0 Å². The second kappa shape index (κ2) is 4.29. The van der Waals surface area contributed by atoms with E-state index in [4.69, 9.17) is 26.8 Å². The van der Waals surface area contributed by atoms with Crippen LogP contribution in [-0.4, -0.2) is 12.8 Å². The Kier molecular flexibility index (Phi) is 2.95. The van der Waals surface area contributed by atoms with Crippen molar-refractivity contribution in [2.45, 2.75) is 51.0 Å². The Morgan fingerprint density at radius 1 is 1.26 bits per heavy atom. The highest BCUT2D eigenvalue weighted by Gasteiger charge is 2.51. The van der Waals surface area contributed by atoms with E-state index in [1.807, 2.05) is 6.07 Å². The first kappa shape index (κ1) is 13.1. The van der Waals surface area contributed by atoms with Gasteiger partial charge in [0.05, 0.1) is 0 Å². The molecule has 1 heterocycles. The lowest BCUT2D eigenvalue weighted by Gasteiger charge is -2.27. The van der Waals surface area contributed by atoms with Crippen molar-refractivity contribution in [2.24, 2.45) is 5.73 Å². The zero-order valence-corrected chi connectivity index (χ0v) is 12.4. The topological polar surface area (TPSA) is 44.5 Å². The van der Waals surface area contributed by atoms with Gasteiger partial charge in [0.25, 0.3) is 0 Å². The fourth-order valence-electron chi connectivity index (χ4n) is 3.16. The van der Waals surface area contributed by atoms with Crippen LogP contribution < -0.4 is 15.2 Å². The van der Waals surface area contributed by atoms with Crippen LogP contribution in [0.3, 0.4) is 0 Å². The zero-order chi connectivity index (χ0) is 13.8. The van der Waals surface area contributed by atoms with E-state index in [0.717, 1.165) is 29.4 Å². The fourth-order valence-corrected chi connectivity index (χ4v) is 3.55. The van der Waals surface area contributed by atoms with E-state index < -0.39 is 0 Å². The highest BCUT2D eigenvalue weighted by molar-refractivity contribution is 6.32. The predicted octanol–water partition coefficient (Wildman–Crippen LogP) is 3.57. The van der Waals surface area contributed by atoms with E-state index in [1.54, 1.807) is 0 Å². The van der Waals surface area contributed by atoms with Gasteiger partial charge in [-0.05, 0) is 31.2 Å². The summed E-state index contributed by atoms with van der Waals surface area (Å²) in [7, 11) is 0. The molecule has 3 rings (SSSR count). The lowest BCUT2D eigenvalue weighted by atomic mass is 9.82. The fraction of sp³-hybridized carbons (Fsp3) is 0.600. The van der Waals surface area contributed by atoms with Gasteiger partial charge in [-0.3, -0.25) is 0 Å². The van der Waals surface area contributed by atoms with Crippen molar-refractivity contribution in [1.82, 2.24) is 0 Å². The highest BCUT2D eigenvalue weighted by atomic mass is 35.5. The van der Waals surface area contributed by atoms with Gasteiger partial charge in [-0.1, -0.05) is 25.4 Å². The van der Waals surface area contributed by atoms with Crippen LogP contribution in [0.2, 0.25) is 5.02 Å². The lowest BCUT2D eigenvalue weighted by molar-refractivity contribution is 0.173. The Labute approximate surface area is 119 Å². The predicted molar refractivity (Wildman–Crippen MR) is 76.2 cm³/mol. The molecule has 1 saturated carbocycles. The number of nitrogens with two attached hydrogens (primary N) is 1. The molecule has 1 aliphatic carbocycles. The first-order valence-corrected chi connectivity index (χ1v) is 7.23. The third-order valence-electron chi connectivity index (χ3n) is 4.39. The maximum absolute atomic E-state index is 6.53. The smallest absolute Gasteiger partial charge is 0.231 e. The quantitative estimate of drug-likeness (QED) is 0.921. The Morgan fingerprint density at radius 3 is 2.47 bits per heavy atom. The van der Waals surface area contributed by atoms with Gasteiger partial charge in [0.2, 0.25) is 6.79 Å². The van der Waals surface area contributed by atoms with Crippen molar-refractivity contribution < 1.29 is 9.47 Å². The summed E-state index contributed by atoms with van der Waals surface area (Å²) >= 11 is 6.53. The molecule has 2 N–H and O–H groups in total. The molecule has 1 aliphatic heterocycles. The second-order valence-electron chi connectivity index (χ2n) is 5.98. The third-order valence-corrected chi connectivity index (χ3v) is 4.69. The Hall–Kier alpha value is -0.930. The van der Waals surface area contributed by atoms with Crippen molar-refractivity contribution in [3.63, 3.8) is 0 Å². The van der Waals surface area contributed by atoms with Crippen LogP contribution in [-0.2, 0) is 5.41 Å². The molecule has 1 atom stereocenters. The average molecular weight is 282 g/mol. The van der Waals surface area contributed by atoms with Crippen molar-refractivity contribution in [3.05, 3.63) is 22.2 Å². The molecule has 0 radical (unpaired) electrons. The van der Waals surface area contributed by atoms with Gasteiger partial charge < -0.3 is 15.2 Å². The van der Waals surface area contributed by atoms with Gasteiger partial charge in [0.15, 0.2) is 11.5 Å². The number of ether oxygens (including phenoxy) is 2. The summed E-state index contributed by atoms with van der Waals surface area (Å²) in [6, 6.07) is 1.98. The maximum atomic E-state index is 6.53. The van der Waals surface area contributed by atoms with Crippen LogP contribution in [0, 0.1) is 0 Å². The number of fused-ring (bicyclic) bond motifs is 1. The molecule has 0 amide bonds. The van der Waals surface area contributed by atoms with Gasteiger partial charge >= 0.3 is 0 Å². The molecule has 19 heavy (non-hydrogen) atoms. The molecule has 1 aromatic carbocycles. The van der Waals surface area contributed by atoms with Crippen LogP contribution >= 0.6 is 11.6 Å². The normalized spacial score (nSPS) is 20.7. The van der Waals surface area contributed by atoms with E-state index in [9.17, 15) is 0 Å². The molecule has 1 fully saturated rings. The molecular formula is C15H20ClNO2. The molecular weight excluding hydrogens is 262 g/mol. The summed E-state index contributed by atoms with van der Waals surface area (Å²) in [6.45, 7) is 6.67. The van der Waals surface area contributed by atoms with Crippen molar-refractivity contribution >= 4 is 11.6 Å². The largest absolute Gasteiger partial charge is 0.454 e. The van der Waals surface area contributed by atoms with Gasteiger partial charge in [-0.2, -0.15) is 0 Å². The molecule has 1 aromatic rings. The molecule has 4 heteroatoms. The van der Waals surface area contributed by atoms with E-state index in [-0.39, 0.29) is 18.2 Å². The Bertz CT molecular complexity index is 521. The minimum Gasteiger partial charge on any atom is -0.454 e. The summed E-state index contributed by atoms with van der Waals surface area (Å²) in [5.41, 5.74) is 8.60. The molecule has 0 bridgehead atoms. The summed E-state index contributed by atoms with van der Waals surface area (Å²) in [5.74, 6) is 1.96. The van der Waals surface area contributed by atoms with Crippen LogP contribution in [0.25, 0.3) is 0 Å². The monoisotopic (exact) mass is 281 g/mol. The summed E-state index contributed by atoms with van der Waals surface area (Å²) in [4.78, 5) is 0. The van der Waals surface area contributed by atoms with Crippen LogP contribution in [0.1, 0.15) is 50.7 Å². The van der Waals surface area contributed by atoms with Crippen molar-refractivity contribution in [3.8, 4) is 11.5 Å². The first-order chi connectivity index (χ1) is 8.97. The lowest BCUT2D eigenvalue weighted by Crippen LogP contribution is -2.33. The minimum absolute atomic E-state index is 0.0255. The molecule has 2 aliphatic rings. The Balaban J connectivity index is 2.24. The minimum atomic E-state index is 0.0255. The van der Waals surface area contributed by atoms with Crippen molar-refractivity contribution in [1.29, 1.82) is 0 Å². The maximum Gasteiger partial charge on any atom is 0.231 e. The second-order valence-corrected chi connectivity index (χ2v) is 6.39. The van der Waals surface area contributed by atoms with Gasteiger partial charge in [0, 0.05) is 28.1 Å². The molecule has 1 unspecified atom stereocenters. The van der Waals surface area contributed by atoms with E-state index in [1.165, 1.54) is 11.1 Å². The van der Waals surface area contributed by atoms with Gasteiger partial charge in [0.1, 0.15) is 0 Å². The summed E-state index contributed by atoms with van der Waals surface area (Å²) < 4.78 is 11.1. The Morgan fingerprint density at radius 2 is 1.95 bits per heavy atom. The summed E-state index contributed by atoms with van der Waals surface area (Å²) in [6.07, 6.45) is 2.20. The molecule has 3 nitrogen and oxygen atoms in total. The number of hydrogen-bond acceptors (Lipinski definition) is 3. The van der Waals surface area contributed by atoms with Crippen LogP contribution in [0.4, 0.5) is 0 Å². The van der Waals surface area contributed by atoms with E-state index in [0.29, 0.717) is 5.92 Å². The summed E-state index contributed by atoms with van der Waals surface area (Å²) in [5, 5.41) is 0.766. The standard InChI is InChI=1S/C15H20ClNO2/c1-8(2)12-13(15(4-5-15)9(3)17)10(16)6-11-14(12)19-7-18-11/h6,8-9H,4-5,7,17H2,1-3H3. The molecule has 104 valence electrons. The third kappa shape index (κ3) is 1.83. The van der Waals surface area contributed by atoms with Crippen LogP contribution in [0.5, 0.6) is 11.5 Å².